The fourth-order valence-corrected chi connectivity index (χ4v) is 6.13. The number of rotatable bonds is 1. The van der Waals surface area contributed by atoms with Gasteiger partial charge in [0.05, 0.1) is 11.8 Å². The number of Topliss-reactive ketones (excluding diaryl/α,β-unsaturated/α-hetero) is 1. The van der Waals surface area contributed by atoms with Gasteiger partial charge in [0.2, 0.25) is 11.8 Å². The number of benzene rings is 1. The number of likely N-dealkylation sites (tertiary alicyclic amines) is 1. The fourth-order valence-electron chi connectivity index (χ4n) is 6.13. The molecule has 1 saturated heterocycles. The topological polar surface area (TPSA) is 91.8 Å². The molecule has 1 aliphatic heterocycles. The second-order valence-electron chi connectivity index (χ2n) is 10.5. The number of hydrogen-bond acceptors (Lipinski definition) is 5. The summed E-state index contributed by atoms with van der Waals surface area (Å²) in [5.41, 5.74) is 2.22. The summed E-state index contributed by atoms with van der Waals surface area (Å²) in [5, 5.41) is 10.1. The molecular weight excluding hydrogens is 418 g/mol. The lowest BCUT2D eigenvalue weighted by atomic mass is 9.59. The largest absolute Gasteiger partial charge is 0.508 e. The zero-order valence-corrected chi connectivity index (χ0v) is 19.2. The molecule has 1 N–H and O–H groups in total. The van der Waals surface area contributed by atoms with Crippen LogP contribution in [0.3, 0.4) is 0 Å². The average molecular weight is 446 g/mol. The van der Waals surface area contributed by atoms with E-state index in [1.165, 1.54) is 11.0 Å². The zero-order chi connectivity index (χ0) is 23.8. The molecule has 0 spiro atoms. The molecule has 1 fully saturated rings. The van der Waals surface area contributed by atoms with E-state index in [-0.39, 0.29) is 41.5 Å². The smallest absolute Gasteiger partial charge is 0.234 e. The first kappa shape index (κ1) is 21.6. The summed E-state index contributed by atoms with van der Waals surface area (Å²) in [7, 11) is 0. The second-order valence-corrected chi connectivity index (χ2v) is 10.5. The lowest BCUT2D eigenvalue weighted by Gasteiger charge is -2.42. The van der Waals surface area contributed by atoms with E-state index in [4.69, 9.17) is 0 Å². The Bertz CT molecular complexity index is 1230. The first-order valence-electron chi connectivity index (χ1n) is 11.4. The molecular formula is C27H27NO5. The maximum atomic E-state index is 13.6. The normalized spacial score (nSPS) is 29.5. The van der Waals surface area contributed by atoms with Crippen molar-refractivity contribution >= 4 is 23.4 Å². The molecule has 6 nitrogen and oxygen atoms in total. The first-order chi connectivity index (χ1) is 15.5. The van der Waals surface area contributed by atoms with Crippen LogP contribution in [0.25, 0.3) is 0 Å². The lowest BCUT2D eigenvalue weighted by Crippen LogP contribution is -2.46. The van der Waals surface area contributed by atoms with Crippen LogP contribution in [-0.4, -0.2) is 38.9 Å². The van der Waals surface area contributed by atoms with Crippen molar-refractivity contribution in [3.63, 3.8) is 0 Å². The third kappa shape index (κ3) is 3.07. The van der Waals surface area contributed by atoms with Crippen LogP contribution < -0.4 is 0 Å². The fraction of sp³-hybridized carbons (Fsp3) is 0.407. The van der Waals surface area contributed by atoms with Crippen LogP contribution >= 0.6 is 0 Å². The van der Waals surface area contributed by atoms with Crippen molar-refractivity contribution in [3.8, 4) is 5.75 Å². The van der Waals surface area contributed by atoms with Crippen molar-refractivity contribution in [2.45, 2.75) is 52.0 Å². The molecule has 1 aromatic rings. The minimum atomic E-state index is -0.634. The summed E-state index contributed by atoms with van der Waals surface area (Å²) in [6.45, 7) is 7.18. The number of phenolic OH excluding ortho intramolecular Hbond substituents is 1. The number of nitrogens with zero attached hydrogens (tertiary/aromatic N) is 1. The molecule has 4 aliphatic rings. The van der Waals surface area contributed by atoms with Crippen LogP contribution in [0.2, 0.25) is 0 Å². The van der Waals surface area contributed by atoms with Crippen LogP contribution in [0.4, 0.5) is 0 Å². The van der Waals surface area contributed by atoms with Gasteiger partial charge in [-0.3, -0.25) is 24.1 Å². The van der Waals surface area contributed by atoms with E-state index in [0.29, 0.717) is 28.7 Å². The van der Waals surface area contributed by atoms with Crippen molar-refractivity contribution in [3.05, 3.63) is 64.3 Å². The van der Waals surface area contributed by atoms with Crippen LogP contribution in [0.5, 0.6) is 5.75 Å². The Hall–Kier alpha value is -3.28. The van der Waals surface area contributed by atoms with Crippen LogP contribution in [0.15, 0.2) is 58.7 Å². The van der Waals surface area contributed by atoms with Crippen LogP contribution in [0, 0.1) is 17.8 Å². The van der Waals surface area contributed by atoms with Gasteiger partial charge in [-0.2, -0.15) is 0 Å². The maximum Gasteiger partial charge on any atom is 0.234 e. The van der Waals surface area contributed by atoms with E-state index < -0.39 is 23.3 Å². The lowest BCUT2D eigenvalue weighted by molar-refractivity contribution is -0.145. The zero-order valence-electron chi connectivity index (χ0n) is 19.2. The summed E-state index contributed by atoms with van der Waals surface area (Å²) in [6.07, 6.45) is 4.06. The summed E-state index contributed by atoms with van der Waals surface area (Å²) in [5.74, 6) is -2.57. The van der Waals surface area contributed by atoms with Gasteiger partial charge >= 0.3 is 0 Å². The van der Waals surface area contributed by atoms with Crippen LogP contribution in [0.1, 0.15) is 52.0 Å². The van der Waals surface area contributed by atoms with E-state index in [0.717, 1.165) is 5.57 Å². The van der Waals surface area contributed by atoms with Gasteiger partial charge in [0.1, 0.15) is 5.75 Å². The van der Waals surface area contributed by atoms with Crippen molar-refractivity contribution in [2.24, 2.45) is 17.8 Å². The predicted octanol–water partition coefficient (Wildman–Crippen LogP) is 3.62. The monoisotopic (exact) mass is 445 g/mol. The van der Waals surface area contributed by atoms with Gasteiger partial charge in [0.15, 0.2) is 11.6 Å². The molecule has 33 heavy (non-hydrogen) atoms. The molecule has 0 radical (unpaired) electrons. The Morgan fingerprint density at radius 2 is 1.76 bits per heavy atom. The SMILES string of the molecule is CC1=CC(=O)C2=C(CC3C(=CCC4C(=O)N(C(C)(C)C)C(=O)C43)C2c2cccc(O)c2)C1=O. The second kappa shape index (κ2) is 7.11. The Kier molecular flexibility index (Phi) is 4.64. The van der Waals surface area contributed by atoms with Gasteiger partial charge in [-0.05, 0) is 70.2 Å². The summed E-state index contributed by atoms with van der Waals surface area (Å²) < 4.78 is 0. The number of hydrogen-bond donors (Lipinski definition) is 1. The molecule has 2 amide bonds. The third-order valence-corrected chi connectivity index (χ3v) is 7.44. The van der Waals surface area contributed by atoms with E-state index in [1.54, 1.807) is 25.1 Å². The Morgan fingerprint density at radius 3 is 2.42 bits per heavy atom. The molecule has 1 aromatic carbocycles. The average Bonchev–Trinajstić information content (AvgIpc) is 3.01. The summed E-state index contributed by atoms with van der Waals surface area (Å²) in [4.78, 5) is 54.5. The third-order valence-electron chi connectivity index (χ3n) is 7.44. The summed E-state index contributed by atoms with van der Waals surface area (Å²) >= 11 is 0. The van der Waals surface area contributed by atoms with Gasteiger partial charge in [0.25, 0.3) is 0 Å². The van der Waals surface area contributed by atoms with Crippen molar-refractivity contribution < 1.29 is 24.3 Å². The van der Waals surface area contributed by atoms with Crippen LogP contribution in [-0.2, 0) is 19.2 Å². The predicted molar refractivity (Wildman–Crippen MR) is 121 cm³/mol. The molecule has 0 saturated carbocycles. The molecule has 170 valence electrons. The van der Waals surface area contributed by atoms with Crippen molar-refractivity contribution in [1.29, 1.82) is 0 Å². The number of ketones is 2. The number of phenols is 1. The highest BCUT2D eigenvalue weighted by Crippen LogP contribution is 2.55. The highest BCUT2D eigenvalue weighted by molar-refractivity contribution is 6.23. The standard InChI is InChI=1S/C27H27NO5/c1-13-10-20(30)23-19(24(13)31)12-18-16(21(23)14-6-5-7-15(29)11-14)8-9-17-22(18)26(33)28(25(17)32)27(2,3)4/h5-8,10-11,17-18,21-22,29H,9,12H2,1-4H3. The van der Waals surface area contributed by atoms with E-state index >= 15 is 0 Å². The van der Waals surface area contributed by atoms with E-state index in [1.807, 2.05) is 32.9 Å². The Labute approximate surface area is 192 Å². The maximum absolute atomic E-state index is 13.6. The molecule has 4 unspecified atom stereocenters. The molecule has 0 aromatic heterocycles. The van der Waals surface area contributed by atoms with Gasteiger partial charge in [0, 0.05) is 28.2 Å². The van der Waals surface area contributed by atoms with Gasteiger partial charge in [-0.25, -0.2) is 0 Å². The van der Waals surface area contributed by atoms with Gasteiger partial charge in [-0.15, -0.1) is 0 Å². The quantitative estimate of drug-likeness (QED) is 0.405. The number of carbonyl (C=O) groups is 4. The first-order valence-corrected chi connectivity index (χ1v) is 11.4. The molecule has 6 heteroatoms. The highest BCUT2D eigenvalue weighted by atomic mass is 16.3. The Morgan fingerprint density at radius 1 is 1.03 bits per heavy atom. The number of carbonyl (C=O) groups excluding carboxylic acids is 4. The minimum Gasteiger partial charge on any atom is -0.508 e. The van der Waals surface area contributed by atoms with Crippen molar-refractivity contribution in [2.75, 3.05) is 0 Å². The molecule has 5 rings (SSSR count). The number of amides is 2. The Balaban J connectivity index is 1.69. The van der Waals surface area contributed by atoms with Gasteiger partial charge in [-0.1, -0.05) is 23.8 Å². The highest BCUT2D eigenvalue weighted by Gasteiger charge is 2.58. The molecule has 1 heterocycles. The summed E-state index contributed by atoms with van der Waals surface area (Å²) in [6, 6.07) is 6.71. The molecule has 0 bridgehead atoms. The number of imide groups is 1. The molecule has 4 atom stereocenters. The van der Waals surface area contributed by atoms with Crippen molar-refractivity contribution in [1.82, 2.24) is 4.90 Å². The minimum absolute atomic E-state index is 0.0680. The van der Waals surface area contributed by atoms with E-state index in [2.05, 4.69) is 0 Å². The van der Waals surface area contributed by atoms with Gasteiger partial charge < -0.3 is 5.11 Å². The number of fused-ring (bicyclic) bond motifs is 3. The number of allylic oxidation sites excluding steroid dienone is 6. The molecule has 3 aliphatic carbocycles. The van der Waals surface area contributed by atoms with E-state index in [9.17, 15) is 24.3 Å². The number of aromatic hydroxyl groups is 1.